The molecule has 9 heteroatoms. The highest BCUT2D eigenvalue weighted by Crippen LogP contribution is 2.61. The Morgan fingerprint density at radius 2 is 1.88 bits per heavy atom. The topological polar surface area (TPSA) is 99.1 Å². The largest absolute Gasteiger partial charge is 0.481 e. The molecule has 0 saturated heterocycles. The van der Waals surface area contributed by atoms with Gasteiger partial charge in [-0.1, -0.05) is 0 Å². The lowest BCUT2D eigenvalue weighted by molar-refractivity contribution is -0.146. The summed E-state index contributed by atoms with van der Waals surface area (Å²) in [5.74, 6) is -1.96. The summed E-state index contributed by atoms with van der Waals surface area (Å²) in [5.41, 5.74) is 0. The Hall–Kier alpha value is -0.560. The van der Waals surface area contributed by atoms with E-state index in [2.05, 4.69) is 13.8 Å². The highest BCUT2D eigenvalue weighted by molar-refractivity contribution is 8.55. The molecule has 1 N–H and O–H groups in total. The minimum atomic E-state index is -3.52. The van der Waals surface area contributed by atoms with Crippen molar-refractivity contribution in [3.63, 3.8) is 0 Å². The lowest BCUT2D eigenvalue weighted by Gasteiger charge is -2.18. The van der Waals surface area contributed by atoms with E-state index in [9.17, 15) is 14.2 Å². The molecule has 0 aromatic heterocycles. The maximum Gasteiger partial charge on any atom is 0.389 e. The fourth-order valence-electron chi connectivity index (χ4n) is 0.874. The molecular formula is C8H15O7PS. The third-order valence-electron chi connectivity index (χ3n) is 1.61. The molecule has 0 aliphatic heterocycles. The molecule has 0 spiro atoms. The number of hydrogen-bond acceptors (Lipinski definition) is 7. The highest BCUT2D eigenvalue weighted by atomic mass is 32.7. The molecule has 0 radical (unpaired) electrons. The second-order valence-electron chi connectivity index (χ2n) is 2.76. The molecule has 0 aromatic carbocycles. The zero-order valence-corrected chi connectivity index (χ0v) is 11.5. The van der Waals surface area contributed by atoms with E-state index < -0.39 is 30.4 Å². The van der Waals surface area contributed by atoms with Crippen LogP contribution >= 0.6 is 18.2 Å². The Morgan fingerprint density at radius 3 is 2.24 bits per heavy atom. The third-order valence-corrected chi connectivity index (χ3v) is 5.81. The number of carbonyl (C=O) groups excluding carboxylic acids is 1. The van der Waals surface area contributed by atoms with Crippen molar-refractivity contribution in [1.82, 2.24) is 0 Å². The lowest BCUT2D eigenvalue weighted by atomic mass is 10.3. The van der Waals surface area contributed by atoms with E-state index in [0.29, 0.717) is 11.4 Å². The molecule has 1 unspecified atom stereocenters. The van der Waals surface area contributed by atoms with Gasteiger partial charge in [0.2, 0.25) is 0 Å². The number of carbonyl (C=O) groups is 2. The first-order chi connectivity index (χ1) is 7.88. The summed E-state index contributed by atoms with van der Waals surface area (Å²) < 4.78 is 25.7. The Morgan fingerprint density at radius 1 is 1.35 bits per heavy atom. The van der Waals surface area contributed by atoms with E-state index in [-0.39, 0.29) is 6.61 Å². The van der Waals surface area contributed by atoms with Crippen molar-refractivity contribution in [2.75, 3.05) is 20.8 Å². The van der Waals surface area contributed by atoms with Crippen LogP contribution < -0.4 is 0 Å². The van der Waals surface area contributed by atoms with Gasteiger partial charge >= 0.3 is 18.7 Å². The van der Waals surface area contributed by atoms with Crippen molar-refractivity contribution >= 4 is 30.1 Å². The Kier molecular flexibility index (Phi) is 7.45. The van der Waals surface area contributed by atoms with Gasteiger partial charge in [0.1, 0.15) is 5.25 Å². The molecule has 0 amide bonds. The first-order valence-electron chi connectivity index (χ1n) is 4.66. The summed E-state index contributed by atoms with van der Waals surface area (Å²) in [6.45, 7) is -1.82. The van der Waals surface area contributed by atoms with Crippen LogP contribution in [0, 0.1) is 0 Å². The van der Waals surface area contributed by atoms with Crippen LogP contribution in [0.4, 0.5) is 0 Å². The molecule has 0 rings (SSSR count). The van der Waals surface area contributed by atoms with Crippen LogP contribution in [0.15, 0.2) is 0 Å². The van der Waals surface area contributed by atoms with Crippen LogP contribution in [0.3, 0.4) is 0 Å². The maximum atomic E-state index is 11.8. The van der Waals surface area contributed by atoms with Crippen molar-refractivity contribution in [2.24, 2.45) is 0 Å². The van der Waals surface area contributed by atoms with E-state index >= 15 is 0 Å². The van der Waals surface area contributed by atoms with E-state index in [1.54, 1.807) is 6.92 Å². The van der Waals surface area contributed by atoms with Crippen molar-refractivity contribution in [3.05, 3.63) is 0 Å². The van der Waals surface area contributed by atoms with Crippen LogP contribution in [0.25, 0.3) is 0 Å². The summed E-state index contributed by atoms with van der Waals surface area (Å²) in [4.78, 5) is 22.0. The lowest BCUT2D eigenvalue weighted by Crippen LogP contribution is -2.23. The van der Waals surface area contributed by atoms with Crippen molar-refractivity contribution in [3.8, 4) is 0 Å². The molecule has 17 heavy (non-hydrogen) atoms. The van der Waals surface area contributed by atoms with Crippen molar-refractivity contribution < 1.29 is 33.0 Å². The van der Waals surface area contributed by atoms with Gasteiger partial charge in [0.15, 0.2) is 0 Å². The van der Waals surface area contributed by atoms with Gasteiger partial charge in [-0.05, 0) is 18.3 Å². The summed E-state index contributed by atoms with van der Waals surface area (Å²) in [6.07, 6.45) is -0.514. The molecular weight excluding hydrogens is 271 g/mol. The molecule has 0 heterocycles. The highest BCUT2D eigenvalue weighted by Gasteiger charge is 2.34. The van der Waals surface area contributed by atoms with Gasteiger partial charge in [0.05, 0.1) is 13.0 Å². The number of carboxylic acid groups (broad SMARTS) is 1. The maximum absolute atomic E-state index is 11.8. The quantitative estimate of drug-likeness (QED) is 0.529. The van der Waals surface area contributed by atoms with Crippen molar-refractivity contribution in [2.45, 2.75) is 18.6 Å². The molecule has 0 aliphatic rings. The predicted octanol–water partition coefficient (Wildman–Crippen LogP) is 1.53. The van der Waals surface area contributed by atoms with Crippen LogP contribution in [-0.2, 0) is 27.9 Å². The monoisotopic (exact) mass is 286 g/mol. The van der Waals surface area contributed by atoms with Gasteiger partial charge in [-0.25, -0.2) is 4.57 Å². The third kappa shape index (κ3) is 6.07. The fourth-order valence-corrected chi connectivity index (χ4v) is 3.81. The van der Waals surface area contributed by atoms with E-state index in [0.717, 1.165) is 14.2 Å². The predicted molar refractivity (Wildman–Crippen MR) is 61.9 cm³/mol. The molecule has 100 valence electrons. The second kappa shape index (κ2) is 7.71. The summed E-state index contributed by atoms with van der Waals surface area (Å²) in [5, 5.41) is 7.52. The Bertz CT molecular complexity index is 311. The van der Waals surface area contributed by atoms with Gasteiger partial charge < -0.3 is 18.9 Å². The summed E-state index contributed by atoms with van der Waals surface area (Å²) in [7, 11) is 2.31. The minimum absolute atomic E-state index is 0.111. The molecule has 7 nitrogen and oxygen atoms in total. The summed E-state index contributed by atoms with van der Waals surface area (Å²) >= 11 is 0.524. The van der Waals surface area contributed by atoms with E-state index in [1.165, 1.54) is 0 Å². The SMILES string of the molecule is CCOC(=O)C(CC(=O)O)SP(=O)(OC)OC. The van der Waals surface area contributed by atoms with E-state index in [1.807, 2.05) is 0 Å². The minimum Gasteiger partial charge on any atom is -0.481 e. The average molecular weight is 286 g/mol. The average Bonchev–Trinajstić information content (AvgIpc) is 2.27. The van der Waals surface area contributed by atoms with Gasteiger partial charge in [-0.3, -0.25) is 9.59 Å². The van der Waals surface area contributed by atoms with Crippen LogP contribution in [0.2, 0.25) is 0 Å². The smallest absolute Gasteiger partial charge is 0.389 e. The molecule has 0 saturated carbocycles. The number of esters is 1. The normalized spacial score (nSPS) is 13.1. The van der Waals surface area contributed by atoms with Gasteiger partial charge in [0, 0.05) is 14.2 Å². The zero-order chi connectivity index (χ0) is 13.5. The standard InChI is InChI=1S/C8H15O7PS/c1-4-15-8(11)6(5-7(9)10)17-16(12,13-2)14-3/h6H,4-5H2,1-3H3,(H,9,10). The Balaban J connectivity index is 4.75. The molecule has 0 bridgehead atoms. The zero-order valence-electron chi connectivity index (χ0n) is 9.74. The van der Waals surface area contributed by atoms with Crippen LogP contribution in [0.5, 0.6) is 0 Å². The Labute approximate surface area is 103 Å². The molecule has 0 fully saturated rings. The van der Waals surface area contributed by atoms with Gasteiger partial charge in [0.25, 0.3) is 0 Å². The molecule has 0 aliphatic carbocycles. The number of hydrogen-bond donors (Lipinski definition) is 1. The number of rotatable bonds is 8. The number of carboxylic acids is 1. The van der Waals surface area contributed by atoms with E-state index in [4.69, 9.17) is 5.11 Å². The molecule has 0 aromatic rings. The first kappa shape index (κ1) is 16.4. The summed E-state index contributed by atoms with van der Waals surface area (Å²) in [6, 6.07) is 0. The first-order valence-corrected chi connectivity index (χ1v) is 7.69. The van der Waals surface area contributed by atoms with Crippen LogP contribution in [0.1, 0.15) is 13.3 Å². The van der Waals surface area contributed by atoms with Gasteiger partial charge in [-0.15, -0.1) is 0 Å². The number of ether oxygens (including phenoxy) is 1. The van der Waals surface area contributed by atoms with Crippen molar-refractivity contribution in [1.29, 1.82) is 0 Å². The van der Waals surface area contributed by atoms with Gasteiger partial charge in [-0.2, -0.15) is 0 Å². The number of aliphatic carboxylic acids is 1. The fraction of sp³-hybridized carbons (Fsp3) is 0.750. The second-order valence-corrected chi connectivity index (χ2v) is 7.13. The molecule has 1 atom stereocenters. The van der Waals surface area contributed by atoms with Crippen LogP contribution in [-0.4, -0.2) is 43.1 Å².